The lowest BCUT2D eigenvalue weighted by Crippen LogP contribution is -1.94. The van der Waals surface area contributed by atoms with E-state index in [0.717, 1.165) is 22.1 Å². The molecule has 2 heterocycles. The van der Waals surface area contributed by atoms with Gasteiger partial charge in [0, 0.05) is 22.5 Å². The monoisotopic (exact) mass is 238 g/mol. The highest BCUT2D eigenvalue weighted by Crippen LogP contribution is 2.29. The number of H-pyrrole nitrogens is 1. The average molecular weight is 238 g/mol. The number of nitrogens with zero attached hydrogens (tertiary/aromatic N) is 1. The normalized spacial score (nSPS) is 10.9. The van der Waals surface area contributed by atoms with E-state index in [1.807, 2.05) is 25.1 Å². The SMILES string of the molecule is C=C(OCC)c1nccc2c1[nH]c1ccccc12. The van der Waals surface area contributed by atoms with Crippen LogP contribution in [0.15, 0.2) is 43.1 Å². The minimum Gasteiger partial charge on any atom is -0.492 e. The van der Waals surface area contributed by atoms with Gasteiger partial charge in [-0.25, -0.2) is 0 Å². The van der Waals surface area contributed by atoms with Gasteiger partial charge in [-0.15, -0.1) is 0 Å². The molecule has 0 aliphatic carbocycles. The maximum atomic E-state index is 5.46. The summed E-state index contributed by atoms with van der Waals surface area (Å²) in [7, 11) is 0. The molecule has 3 aromatic rings. The number of pyridine rings is 1. The third kappa shape index (κ3) is 1.56. The molecule has 90 valence electrons. The Morgan fingerprint density at radius 2 is 2.11 bits per heavy atom. The first kappa shape index (κ1) is 10.8. The summed E-state index contributed by atoms with van der Waals surface area (Å²) in [5, 5.41) is 2.34. The summed E-state index contributed by atoms with van der Waals surface area (Å²) in [4.78, 5) is 7.75. The Labute approximate surface area is 105 Å². The van der Waals surface area contributed by atoms with E-state index in [0.29, 0.717) is 12.4 Å². The van der Waals surface area contributed by atoms with Crippen LogP contribution >= 0.6 is 0 Å². The second kappa shape index (κ2) is 4.18. The van der Waals surface area contributed by atoms with E-state index in [1.54, 1.807) is 6.20 Å². The first-order valence-corrected chi connectivity index (χ1v) is 5.98. The summed E-state index contributed by atoms with van der Waals surface area (Å²) in [6.45, 7) is 6.47. The molecule has 3 nitrogen and oxygen atoms in total. The number of benzene rings is 1. The Kier molecular flexibility index (Phi) is 2.52. The number of hydrogen-bond acceptors (Lipinski definition) is 2. The van der Waals surface area contributed by atoms with Gasteiger partial charge in [0.1, 0.15) is 11.5 Å². The van der Waals surface area contributed by atoms with Crippen LogP contribution in [0.3, 0.4) is 0 Å². The quantitative estimate of drug-likeness (QED) is 0.706. The Balaban J connectivity index is 2.31. The highest BCUT2D eigenvalue weighted by molar-refractivity contribution is 6.09. The summed E-state index contributed by atoms with van der Waals surface area (Å²) in [6.07, 6.45) is 1.79. The van der Waals surface area contributed by atoms with Crippen LogP contribution in [-0.2, 0) is 4.74 Å². The van der Waals surface area contributed by atoms with Crippen molar-refractivity contribution in [3.63, 3.8) is 0 Å². The van der Waals surface area contributed by atoms with Crippen LogP contribution in [0.4, 0.5) is 0 Å². The standard InChI is InChI=1S/C15H14N2O/c1-3-18-10(2)14-15-12(8-9-16-14)11-6-4-5-7-13(11)17-15/h4-9,17H,2-3H2,1H3. The predicted molar refractivity (Wildman–Crippen MR) is 74.3 cm³/mol. The fraction of sp³-hybridized carbons (Fsp3) is 0.133. The van der Waals surface area contributed by atoms with Crippen LogP contribution in [0.5, 0.6) is 0 Å². The fourth-order valence-electron chi connectivity index (χ4n) is 2.23. The lowest BCUT2D eigenvalue weighted by molar-refractivity contribution is 0.298. The van der Waals surface area contributed by atoms with E-state index in [2.05, 4.69) is 28.7 Å². The zero-order valence-electron chi connectivity index (χ0n) is 10.2. The van der Waals surface area contributed by atoms with Crippen LogP contribution in [0, 0.1) is 0 Å². The molecular weight excluding hydrogens is 224 g/mol. The molecule has 0 atom stereocenters. The lowest BCUT2D eigenvalue weighted by Gasteiger charge is -2.06. The highest BCUT2D eigenvalue weighted by atomic mass is 16.5. The van der Waals surface area contributed by atoms with Crippen molar-refractivity contribution in [2.45, 2.75) is 6.92 Å². The molecular formula is C15H14N2O. The number of ether oxygens (including phenoxy) is 1. The molecule has 0 bridgehead atoms. The third-order valence-corrected chi connectivity index (χ3v) is 3.01. The van der Waals surface area contributed by atoms with Gasteiger partial charge in [-0.05, 0) is 19.1 Å². The molecule has 0 unspecified atom stereocenters. The van der Waals surface area contributed by atoms with Crippen molar-refractivity contribution >= 4 is 27.6 Å². The molecule has 0 spiro atoms. The Hall–Kier alpha value is -2.29. The largest absolute Gasteiger partial charge is 0.492 e. The van der Waals surface area contributed by atoms with Crippen molar-refractivity contribution in [3.8, 4) is 0 Å². The number of aromatic amines is 1. The van der Waals surface area contributed by atoms with Gasteiger partial charge in [0.05, 0.1) is 12.1 Å². The van der Waals surface area contributed by atoms with Gasteiger partial charge in [-0.2, -0.15) is 0 Å². The van der Waals surface area contributed by atoms with Crippen LogP contribution in [0.25, 0.3) is 27.6 Å². The van der Waals surface area contributed by atoms with Gasteiger partial charge in [0.25, 0.3) is 0 Å². The molecule has 0 saturated carbocycles. The van der Waals surface area contributed by atoms with Gasteiger partial charge in [-0.3, -0.25) is 4.98 Å². The van der Waals surface area contributed by atoms with Crippen molar-refractivity contribution in [1.29, 1.82) is 0 Å². The second-order valence-corrected chi connectivity index (χ2v) is 4.11. The van der Waals surface area contributed by atoms with Crippen molar-refractivity contribution in [2.75, 3.05) is 6.61 Å². The molecule has 3 rings (SSSR count). The molecule has 0 radical (unpaired) electrons. The fourth-order valence-corrected chi connectivity index (χ4v) is 2.23. The molecule has 18 heavy (non-hydrogen) atoms. The molecule has 0 fully saturated rings. The predicted octanol–water partition coefficient (Wildman–Crippen LogP) is 3.72. The maximum Gasteiger partial charge on any atom is 0.139 e. The van der Waals surface area contributed by atoms with Crippen LogP contribution in [-0.4, -0.2) is 16.6 Å². The van der Waals surface area contributed by atoms with E-state index in [9.17, 15) is 0 Å². The smallest absolute Gasteiger partial charge is 0.139 e. The Morgan fingerprint density at radius 3 is 2.94 bits per heavy atom. The zero-order valence-corrected chi connectivity index (χ0v) is 10.2. The van der Waals surface area contributed by atoms with Crippen molar-refractivity contribution < 1.29 is 4.74 Å². The number of para-hydroxylation sites is 1. The van der Waals surface area contributed by atoms with Crippen LogP contribution in [0.2, 0.25) is 0 Å². The molecule has 3 heteroatoms. The van der Waals surface area contributed by atoms with Crippen molar-refractivity contribution in [2.24, 2.45) is 0 Å². The zero-order chi connectivity index (χ0) is 12.5. The lowest BCUT2D eigenvalue weighted by atomic mass is 10.1. The van der Waals surface area contributed by atoms with Crippen molar-refractivity contribution in [1.82, 2.24) is 9.97 Å². The topological polar surface area (TPSA) is 37.9 Å². The summed E-state index contributed by atoms with van der Waals surface area (Å²) in [5.74, 6) is 0.606. The first-order chi connectivity index (χ1) is 8.81. The third-order valence-electron chi connectivity index (χ3n) is 3.01. The van der Waals surface area contributed by atoms with Gasteiger partial charge in [0.2, 0.25) is 0 Å². The minimum atomic E-state index is 0.594. The summed E-state index contributed by atoms with van der Waals surface area (Å²) < 4.78 is 5.46. The molecule has 0 aliphatic rings. The summed E-state index contributed by atoms with van der Waals surface area (Å²) >= 11 is 0. The molecule has 2 aromatic heterocycles. The number of nitrogens with one attached hydrogen (secondary N) is 1. The number of rotatable bonds is 3. The Morgan fingerprint density at radius 1 is 1.28 bits per heavy atom. The van der Waals surface area contributed by atoms with Crippen LogP contribution < -0.4 is 0 Å². The average Bonchev–Trinajstić information content (AvgIpc) is 2.77. The number of hydrogen-bond donors (Lipinski definition) is 1. The van der Waals surface area contributed by atoms with Crippen molar-refractivity contribution in [3.05, 3.63) is 48.8 Å². The van der Waals surface area contributed by atoms with E-state index in [1.165, 1.54) is 5.39 Å². The maximum absolute atomic E-state index is 5.46. The second-order valence-electron chi connectivity index (χ2n) is 4.11. The molecule has 1 aromatic carbocycles. The minimum absolute atomic E-state index is 0.594. The molecule has 0 amide bonds. The van der Waals surface area contributed by atoms with E-state index in [-0.39, 0.29) is 0 Å². The summed E-state index contributed by atoms with van der Waals surface area (Å²) in [6, 6.07) is 10.2. The van der Waals surface area contributed by atoms with Gasteiger partial charge in [0.15, 0.2) is 0 Å². The number of aromatic nitrogens is 2. The highest BCUT2D eigenvalue weighted by Gasteiger charge is 2.11. The molecule has 1 N–H and O–H groups in total. The van der Waals surface area contributed by atoms with E-state index < -0.39 is 0 Å². The first-order valence-electron chi connectivity index (χ1n) is 5.98. The number of fused-ring (bicyclic) bond motifs is 3. The molecule has 0 aliphatic heterocycles. The van der Waals surface area contributed by atoms with Gasteiger partial charge >= 0.3 is 0 Å². The van der Waals surface area contributed by atoms with Crippen LogP contribution in [0.1, 0.15) is 12.6 Å². The van der Waals surface area contributed by atoms with E-state index >= 15 is 0 Å². The molecule has 0 saturated heterocycles. The Bertz CT molecular complexity index is 728. The van der Waals surface area contributed by atoms with E-state index in [4.69, 9.17) is 4.74 Å². The summed E-state index contributed by atoms with van der Waals surface area (Å²) in [5.41, 5.74) is 2.87. The van der Waals surface area contributed by atoms with Gasteiger partial charge < -0.3 is 9.72 Å². The van der Waals surface area contributed by atoms with Gasteiger partial charge in [-0.1, -0.05) is 24.8 Å².